The lowest BCUT2D eigenvalue weighted by molar-refractivity contribution is 0.0779. The van der Waals surface area contributed by atoms with Crippen LogP contribution in [0.5, 0.6) is 0 Å². The molecule has 0 bridgehead atoms. The number of nitrogens with two attached hydrogens (primary N) is 1. The molecule has 3 rings (SSSR count). The maximum absolute atomic E-state index is 12.3. The summed E-state index contributed by atoms with van der Waals surface area (Å²) in [5, 5.41) is 0. The Morgan fingerprint density at radius 1 is 1.44 bits per heavy atom. The first kappa shape index (κ1) is 11.8. The Kier molecular flexibility index (Phi) is 2.90. The predicted molar refractivity (Wildman–Crippen MR) is 70.3 cm³/mol. The van der Waals surface area contributed by atoms with Crippen LogP contribution >= 0.6 is 0 Å². The molecule has 18 heavy (non-hydrogen) atoms. The van der Waals surface area contributed by atoms with E-state index in [-0.39, 0.29) is 11.9 Å². The van der Waals surface area contributed by atoms with Gasteiger partial charge in [-0.05, 0) is 43.2 Å². The van der Waals surface area contributed by atoms with E-state index in [4.69, 9.17) is 5.73 Å². The molecule has 1 aromatic rings. The molecule has 2 atom stereocenters. The number of hydrogen-bond donors (Lipinski definition) is 2. The highest BCUT2D eigenvalue weighted by Crippen LogP contribution is 2.41. The van der Waals surface area contributed by atoms with Crippen molar-refractivity contribution in [1.29, 1.82) is 0 Å². The summed E-state index contributed by atoms with van der Waals surface area (Å²) in [6.07, 6.45) is 3.52. The van der Waals surface area contributed by atoms with Crippen LogP contribution in [0, 0.1) is 11.8 Å². The van der Waals surface area contributed by atoms with Gasteiger partial charge in [0.25, 0.3) is 5.91 Å². The highest BCUT2D eigenvalue weighted by Gasteiger charge is 2.42. The monoisotopic (exact) mass is 247 g/mol. The zero-order valence-electron chi connectivity index (χ0n) is 10.9. The second-order valence-corrected chi connectivity index (χ2v) is 5.63. The Hall–Kier alpha value is -1.29. The van der Waals surface area contributed by atoms with Gasteiger partial charge in [0.2, 0.25) is 0 Å². The fraction of sp³-hybridized carbons (Fsp3) is 0.643. The summed E-state index contributed by atoms with van der Waals surface area (Å²) in [6.45, 7) is 3.63. The molecule has 4 nitrogen and oxygen atoms in total. The van der Waals surface area contributed by atoms with Crippen molar-refractivity contribution >= 4 is 5.91 Å². The van der Waals surface area contributed by atoms with E-state index in [9.17, 15) is 4.79 Å². The molecule has 3 N–H and O–H groups in total. The van der Waals surface area contributed by atoms with Crippen LogP contribution < -0.4 is 5.73 Å². The number of H-pyrrole nitrogens is 1. The van der Waals surface area contributed by atoms with Gasteiger partial charge in [-0.2, -0.15) is 0 Å². The lowest BCUT2D eigenvalue weighted by Crippen LogP contribution is -2.32. The average molecular weight is 247 g/mol. The number of aromatic nitrogens is 1. The van der Waals surface area contributed by atoms with E-state index in [2.05, 4.69) is 11.9 Å². The third kappa shape index (κ3) is 2.05. The van der Waals surface area contributed by atoms with Crippen molar-refractivity contribution in [3.8, 4) is 0 Å². The molecule has 2 fully saturated rings. The molecule has 1 amide bonds. The second kappa shape index (κ2) is 4.43. The minimum atomic E-state index is 0.105. The SMILES string of the molecule is CCc1ccc(C(=O)N2C[C@@H](N)[C@H](C3CC3)C2)[nH]1. The number of amides is 1. The molecule has 2 aliphatic rings. The Morgan fingerprint density at radius 3 is 2.83 bits per heavy atom. The second-order valence-electron chi connectivity index (χ2n) is 5.63. The molecule has 0 unspecified atom stereocenters. The van der Waals surface area contributed by atoms with Crippen LogP contribution in [0.25, 0.3) is 0 Å². The van der Waals surface area contributed by atoms with Gasteiger partial charge in [-0.15, -0.1) is 0 Å². The molecule has 2 heterocycles. The molecule has 1 aromatic heterocycles. The number of nitrogens with zero attached hydrogens (tertiary/aromatic N) is 1. The van der Waals surface area contributed by atoms with E-state index in [0.717, 1.165) is 24.6 Å². The summed E-state index contributed by atoms with van der Waals surface area (Å²) >= 11 is 0. The molecule has 0 aromatic carbocycles. The molecular formula is C14H21N3O. The normalized spacial score (nSPS) is 27.8. The van der Waals surface area contributed by atoms with Gasteiger partial charge in [0.1, 0.15) is 5.69 Å². The first-order valence-electron chi connectivity index (χ1n) is 6.91. The van der Waals surface area contributed by atoms with E-state index in [1.165, 1.54) is 12.8 Å². The number of aromatic amines is 1. The van der Waals surface area contributed by atoms with Crippen LogP contribution in [0.15, 0.2) is 12.1 Å². The number of nitrogens with one attached hydrogen (secondary N) is 1. The molecule has 1 aliphatic heterocycles. The standard InChI is InChI=1S/C14H21N3O/c1-2-10-5-6-13(16-10)14(18)17-7-11(9-3-4-9)12(15)8-17/h5-6,9,11-12,16H,2-4,7-8,15H2,1H3/t11-,12+/m0/s1. The van der Waals surface area contributed by atoms with E-state index < -0.39 is 0 Å². The lowest BCUT2D eigenvalue weighted by atomic mass is 9.99. The fourth-order valence-corrected chi connectivity index (χ4v) is 2.98. The molecule has 0 spiro atoms. The fourth-order valence-electron chi connectivity index (χ4n) is 2.98. The Morgan fingerprint density at radius 2 is 2.22 bits per heavy atom. The molecule has 1 aliphatic carbocycles. The summed E-state index contributed by atoms with van der Waals surface area (Å²) in [7, 11) is 0. The molecule has 1 saturated heterocycles. The van der Waals surface area contributed by atoms with Crippen molar-refractivity contribution < 1.29 is 4.79 Å². The molecular weight excluding hydrogens is 226 g/mol. The van der Waals surface area contributed by atoms with Crippen LogP contribution in [0.4, 0.5) is 0 Å². The first-order valence-corrected chi connectivity index (χ1v) is 6.91. The summed E-state index contributed by atoms with van der Waals surface area (Å²) in [4.78, 5) is 17.4. The largest absolute Gasteiger partial charge is 0.354 e. The third-order valence-electron chi connectivity index (χ3n) is 4.28. The average Bonchev–Trinajstić information content (AvgIpc) is 2.97. The molecule has 4 heteroatoms. The zero-order chi connectivity index (χ0) is 12.7. The smallest absolute Gasteiger partial charge is 0.270 e. The van der Waals surface area contributed by atoms with Gasteiger partial charge in [0.15, 0.2) is 0 Å². The minimum absolute atomic E-state index is 0.105. The molecule has 1 saturated carbocycles. The number of carbonyl (C=O) groups is 1. The molecule has 0 radical (unpaired) electrons. The van der Waals surface area contributed by atoms with Crippen LogP contribution in [0.3, 0.4) is 0 Å². The minimum Gasteiger partial charge on any atom is -0.354 e. The van der Waals surface area contributed by atoms with Gasteiger partial charge in [0, 0.05) is 24.8 Å². The Bertz CT molecular complexity index is 450. The van der Waals surface area contributed by atoms with E-state index in [0.29, 0.717) is 18.2 Å². The predicted octanol–water partition coefficient (Wildman–Crippen LogP) is 1.39. The van der Waals surface area contributed by atoms with Gasteiger partial charge in [-0.1, -0.05) is 6.92 Å². The summed E-state index contributed by atoms with van der Waals surface area (Å²) in [5.74, 6) is 1.40. The Labute approximate surface area is 108 Å². The first-order chi connectivity index (χ1) is 8.69. The van der Waals surface area contributed by atoms with Crippen molar-refractivity contribution in [3.05, 3.63) is 23.5 Å². The third-order valence-corrected chi connectivity index (χ3v) is 4.28. The van der Waals surface area contributed by atoms with Gasteiger partial charge in [-0.3, -0.25) is 4.79 Å². The van der Waals surface area contributed by atoms with Crippen molar-refractivity contribution in [3.63, 3.8) is 0 Å². The number of aryl methyl sites for hydroxylation is 1. The van der Waals surface area contributed by atoms with Crippen LogP contribution in [-0.2, 0) is 6.42 Å². The number of carbonyl (C=O) groups excluding carboxylic acids is 1. The van der Waals surface area contributed by atoms with Gasteiger partial charge in [-0.25, -0.2) is 0 Å². The van der Waals surface area contributed by atoms with E-state index in [1.807, 2.05) is 17.0 Å². The van der Waals surface area contributed by atoms with Crippen molar-refractivity contribution in [2.75, 3.05) is 13.1 Å². The van der Waals surface area contributed by atoms with Crippen LogP contribution in [-0.4, -0.2) is 34.9 Å². The lowest BCUT2D eigenvalue weighted by Gasteiger charge is -2.15. The Balaban J connectivity index is 1.69. The summed E-state index contributed by atoms with van der Waals surface area (Å²) in [6, 6.07) is 4.04. The van der Waals surface area contributed by atoms with Gasteiger partial charge >= 0.3 is 0 Å². The van der Waals surface area contributed by atoms with Crippen LogP contribution in [0.2, 0.25) is 0 Å². The topological polar surface area (TPSA) is 62.1 Å². The van der Waals surface area contributed by atoms with E-state index >= 15 is 0 Å². The van der Waals surface area contributed by atoms with Crippen molar-refractivity contribution in [1.82, 2.24) is 9.88 Å². The summed E-state index contributed by atoms with van der Waals surface area (Å²) < 4.78 is 0. The number of hydrogen-bond acceptors (Lipinski definition) is 2. The van der Waals surface area contributed by atoms with Crippen molar-refractivity contribution in [2.24, 2.45) is 17.6 Å². The van der Waals surface area contributed by atoms with E-state index in [1.54, 1.807) is 0 Å². The maximum Gasteiger partial charge on any atom is 0.270 e. The zero-order valence-corrected chi connectivity index (χ0v) is 10.9. The van der Waals surface area contributed by atoms with Crippen molar-refractivity contribution in [2.45, 2.75) is 32.2 Å². The molecule has 98 valence electrons. The van der Waals surface area contributed by atoms with Crippen LogP contribution in [0.1, 0.15) is 35.9 Å². The summed E-state index contributed by atoms with van der Waals surface area (Å²) in [5.41, 5.74) is 7.97. The van der Waals surface area contributed by atoms with Gasteiger partial charge in [0.05, 0.1) is 0 Å². The maximum atomic E-state index is 12.3. The number of rotatable bonds is 3. The van der Waals surface area contributed by atoms with Gasteiger partial charge < -0.3 is 15.6 Å². The highest BCUT2D eigenvalue weighted by molar-refractivity contribution is 5.92. The quantitative estimate of drug-likeness (QED) is 0.847. The number of likely N-dealkylation sites (tertiary alicyclic amines) is 1. The highest BCUT2D eigenvalue weighted by atomic mass is 16.2.